The van der Waals surface area contributed by atoms with Gasteiger partial charge in [0.15, 0.2) is 0 Å². The molecule has 3 rings (SSSR count). The Morgan fingerprint density at radius 1 is 1.09 bits per heavy atom. The summed E-state index contributed by atoms with van der Waals surface area (Å²) in [5.74, 6) is 0.167. The first-order chi connectivity index (χ1) is 14.7. The zero-order chi connectivity index (χ0) is 24.0. The third kappa shape index (κ3) is 5.03. The summed E-state index contributed by atoms with van der Waals surface area (Å²) in [6.07, 6.45) is 0.666. The fourth-order valence-electron chi connectivity index (χ4n) is 3.32. The van der Waals surface area contributed by atoms with Gasteiger partial charge in [0, 0.05) is 36.3 Å². The number of fused-ring (bicyclic) bond motifs is 2. The van der Waals surface area contributed by atoms with Crippen molar-refractivity contribution in [2.75, 3.05) is 24.7 Å². The molecule has 0 unspecified atom stereocenters. The van der Waals surface area contributed by atoms with Gasteiger partial charge in [0.2, 0.25) is 0 Å². The lowest BCUT2D eigenvalue weighted by molar-refractivity contribution is -0.122. The molecule has 0 aliphatic carbocycles. The molecule has 0 N–H and O–H groups in total. The molecule has 2 amide bonds. The summed E-state index contributed by atoms with van der Waals surface area (Å²) >= 11 is 1.46. The van der Waals surface area contributed by atoms with E-state index in [1.807, 2.05) is 39.0 Å². The Hall–Kier alpha value is -2.68. The van der Waals surface area contributed by atoms with Gasteiger partial charge in [-0.1, -0.05) is 0 Å². The second-order valence-corrected chi connectivity index (χ2v) is 10.9. The lowest BCUT2D eigenvalue weighted by atomic mass is 10.2. The van der Waals surface area contributed by atoms with Crippen LogP contribution in [0.5, 0.6) is 0 Å². The van der Waals surface area contributed by atoms with Crippen molar-refractivity contribution in [3.05, 3.63) is 24.4 Å². The van der Waals surface area contributed by atoms with Crippen LogP contribution in [0.4, 0.5) is 15.3 Å². The number of hydrogen-bond acceptors (Lipinski definition) is 6. The van der Waals surface area contributed by atoms with Crippen LogP contribution in [0.15, 0.2) is 29.3 Å². The van der Waals surface area contributed by atoms with Gasteiger partial charge in [-0.25, -0.2) is 9.59 Å². The molecule has 32 heavy (non-hydrogen) atoms. The minimum atomic E-state index is -0.681. The number of amides is 2. The van der Waals surface area contributed by atoms with Gasteiger partial charge in [0.1, 0.15) is 17.2 Å². The molecule has 1 aliphatic heterocycles. The number of nitrogens with zero attached hydrogens (tertiary/aromatic N) is 3. The third-order valence-electron chi connectivity index (χ3n) is 4.88. The Balaban J connectivity index is 1.92. The molecule has 1 aromatic carbocycles. The molecular weight excluding hydrogens is 430 g/mol. The van der Waals surface area contributed by atoms with E-state index in [2.05, 4.69) is 0 Å². The van der Waals surface area contributed by atoms with Gasteiger partial charge in [0.05, 0.1) is 11.2 Å². The number of thioether (sulfide) groups is 1. The molecular formula is C23H31N3O5S. The molecule has 0 fully saturated rings. The Bertz CT molecular complexity index is 1060. The van der Waals surface area contributed by atoms with Crippen molar-refractivity contribution < 1.29 is 23.9 Å². The summed E-state index contributed by atoms with van der Waals surface area (Å²) in [7, 11) is 3.27. The topological polar surface area (TPSA) is 81.1 Å². The van der Waals surface area contributed by atoms with Crippen molar-refractivity contribution in [1.29, 1.82) is 0 Å². The minimum Gasteiger partial charge on any atom is -0.444 e. The van der Waals surface area contributed by atoms with Crippen LogP contribution in [0.25, 0.3) is 10.9 Å². The molecule has 0 spiro atoms. The first kappa shape index (κ1) is 24.0. The quantitative estimate of drug-likeness (QED) is 0.611. The molecule has 9 heteroatoms. The van der Waals surface area contributed by atoms with Gasteiger partial charge >= 0.3 is 12.2 Å². The highest BCUT2D eigenvalue weighted by atomic mass is 32.2. The lowest BCUT2D eigenvalue weighted by Gasteiger charge is -2.30. The summed E-state index contributed by atoms with van der Waals surface area (Å²) < 4.78 is 12.4. The van der Waals surface area contributed by atoms with Crippen molar-refractivity contribution in [2.45, 2.75) is 63.7 Å². The van der Waals surface area contributed by atoms with Crippen LogP contribution in [0.3, 0.4) is 0 Å². The first-order valence-corrected chi connectivity index (χ1v) is 11.4. The Morgan fingerprint density at radius 3 is 2.31 bits per heavy atom. The van der Waals surface area contributed by atoms with Crippen molar-refractivity contribution in [2.24, 2.45) is 0 Å². The second kappa shape index (κ2) is 8.35. The largest absolute Gasteiger partial charge is 0.444 e. The number of likely N-dealkylation sites (N-methyl/N-ethyl adjacent to an activating group) is 2. The molecule has 1 atom stereocenters. The molecule has 0 radical (unpaired) electrons. The third-order valence-corrected chi connectivity index (χ3v) is 6.00. The van der Waals surface area contributed by atoms with Crippen LogP contribution in [-0.4, -0.2) is 64.7 Å². The smallest absolute Gasteiger partial charge is 0.418 e. The van der Waals surface area contributed by atoms with Gasteiger partial charge in [0.25, 0.3) is 5.91 Å². The van der Waals surface area contributed by atoms with Crippen molar-refractivity contribution in [1.82, 2.24) is 9.47 Å². The number of benzene rings is 1. The van der Waals surface area contributed by atoms with E-state index < -0.39 is 29.4 Å². The van der Waals surface area contributed by atoms with Gasteiger partial charge < -0.3 is 14.4 Å². The van der Waals surface area contributed by atoms with Gasteiger partial charge in [-0.15, -0.1) is 11.8 Å². The van der Waals surface area contributed by atoms with E-state index in [-0.39, 0.29) is 5.91 Å². The molecule has 0 saturated carbocycles. The van der Waals surface area contributed by atoms with Gasteiger partial charge in [-0.3, -0.25) is 14.3 Å². The van der Waals surface area contributed by atoms with E-state index in [1.54, 1.807) is 46.0 Å². The standard InChI is InChI=1S/C23H31N3O5S/c1-22(2,3)30-20(28)25(8)17-13-32-18-12-15-14(11-16(18)24(7)19(17)27)9-10-26(15)21(29)31-23(4,5)6/h9-12,17H,13H2,1-8H3/t17-/m1/s1. The summed E-state index contributed by atoms with van der Waals surface area (Å²) in [6, 6.07) is 4.91. The summed E-state index contributed by atoms with van der Waals surface area (Å²) in [4.78, 5) is 42.1. The van der Waals surface area contributed by atoms with Crippen LogP contribution in [0.1, 0.15) is 41.5 Å². The highest BCUT2D eigenvalue weighted by molar-refractivity contribution is 7.99. The monoisotopic (exact) mass is 461 g/mol. The maximum absolute atomic E-state index is 13.2. The van der Waals surface area contributed by atoms with E-state index in [0.29, 0.717) is 11.3 Å². The van der Waals surface area contributed by atoms with E-state index in [9.17, 15) is 14.4 Å². The fraction of sp³-hybridized carbons (Fsp3) is 0.522. The van der Waals surface area contributed by atoms with Crippen molar-refractivity contribution in [3.8, 4) is 0 Å². The Labute approximate surface area is 192 Å². The molecule has 1 aliphatic rings. The van der Waals surface area contributed by atoms with E-state index >= 15 is 0 Å². The van der Waals surface area contributed by atoms with Crippen molar-refractivity contribution in [3.63, 3.8) is 0 Å². The first-order valence-electron chi connectivity index (χ1n) is 10.4. The zero-order valence-electron chi connectivity index (χ0n) is 19.9. The van der Waals surface area contributed by atoms with Crippen LogP contribution in [0.2, 0.25) is 0 Å². The minimum absolute atomic E-state index is 0.199. The molecule has 1 aromatic heterocycles. The number of aromatic nitrogens is 1. The molecule has 174 valence electrons. The molecule has 8 nitrogen and oxygen atoms in total. The number of hydrogen-bond donors (Lipinski definition) is 0. The zero-order valence-corrected chi connectivity index (χ0v) is 20.7. The van der Waals surface area contributed by atoms with Gasteiger partial charge in [-0.2, -0.15) is 0 Å². The highest BCUT2D eigenvalue weighted by Gasteiger charge is 2.36. The van der Waals surface area contributed by atoms with Crippen molar-refractivity contribution >= 4 is 46.4 Å². The van der Waals surface area contributed by atoms with Crippen LogP contribution in [-0.2, 0) is 14.3 Å². The number of carbonyl (C=O) groups is 3. The average molecular weight is 462 g/mol. The fourth-order valence-corrected chi connectivity index (χ4v) is 4.56. The van der Waals surface area contributed by atoms with Crippen LogP contribution in [0, 0.1) is 0 Å². The maximum Gasteiger partial charge on any atom is 0.418 e. The molecule has 0 bridgehead atoms. The normalized spacial score (nSPS) is 17.1. The van der Waals surface area contributed by atoms with E-state index in [0.717, 1.165) is 16.0 Å². The summed E-state index contributed by atoms with van der Waals surface area (Å²) in [5.41, 5.74) is 0.166. The SMILES string of the molecule is CN1C(=O)[C@H](N(C)C(=O)OC(C)(C)C)CSc2cc3c(ccn3C(=O)OC(C)(C)C)cc21. The second-order valence-electron chi connectivity index (χ2n) is 9.86. The number of carbonyl (C=O) groups excluding carboxylic acids is 3. The summed E-state index contributed by atoms with van der Waals surface area (Å²) in [5, 5.41) is 0.814. The molecule has 0 saturated heterocycles. The molecule has 2 heterocycles. The van der Waals surface area contributed by atoms with Gasteiger partial charge in [-0.05, 0) is 59.7 Å². The predicted octanol–water partition coefficient (Wildman–Crippen LogP) is 4.73. The number of rotatable bonds is 1. The maximum atomic E-state index is 13.2. The van der Waals surface area contributed by atoms with Crippen LogP contribution >= 0.6 is 11.8 Å². The highest BCUT2D eigenvalue weighted by Crippen LogP contribution is 2.38. The van der Waals surface area contributed by atoms with E-state index in [1.165, 1.54) is 21.2 Å². The van der Waals surface area contributed by atoms with Crippen LogP contribution < -0.4 is 4.90 Å². The van der Waals surface area contributed by atoms with E-state index in [4.69, 9.17) is 9.47 Å². The Morgan fingerprint density at radius 2 is 1.72 bits per heavy atom. The average Bonchev–Trinajstić information content (AvgIpc) is 3.01. The predicted molar refractivity (Wildman–Crippen MR) is 125 cm³/mol. The Kier molecular flexibility index (Phi) is 6.25. The molecule has 2 aromatic rings. The summed E-state index contributed by atoms with van der Waals surface area (Å²) in [6.45, 7) is 10.8. The lowest BCUT2D eigenvalue weighted by Crippen LogP contribution is -2.50. The number of anilines is 1. The number of ether oxygens (including phenoxy) is 2.